The number of fused-ring (bicyclic) bond motifs is 4. The molecule has 10 nitrogen and oxygen atoms in total. The molecule has 1 aliphatic carbocycles. The van der Waals surface area contributed by atoms with E-state index in [-0.39, 0.29) is 68.0 Å². The number of hydrogen-bond acceptors (Lipinski definition) is 10. The van der Waals surface area contributed by atoms with Crippen molar-refractivity contribution in [3.05, 3.63) is 40.7 Å². The van der Waals surface area contributed by atoms with E-state index in [4.69, 9.17) is 15.2 Å². The number of nitriles is 1. The number of thiophene rings is 1. The molecule has 0 unspecified atom stereocenters. The molecule has 2 aliphatic heterocycles. The van der Waals surface area contributed by atoms with Gasteiger partial charge in [-0.1, -0.05) is 0 Å². The van der Waals surface area contributed by atoms with Crippen molar-refractivity contribution >= 4 is 43.2 Å². The number of nitrogens with two attached hydrogens (primary N) is 1. The lowest BCUT2D eigenvalue weighted by Crippen LogP contribution is -2.51. The Bertz CT molecular complexity index is 1820. The number of amides is 1. The van der Waals surface area contributed by atoms with Gasteiger partial charge in [0.2, 0.25) is 5.91 Å². The number of halogens is 2. The van der Waals surface area contributed by atoms with E-state index in [1.54, 1.807) is 0 Å². The molecule has 216 valence electrons. The highest BCUT2D eigenvalue weighted by Gasteiger charge is 2.46. The third-order valence-corrected chi connectivity index (χ3v) is 9.55. The van der Waals surface area contributed by atoms with E-state index < -0.39 is 11.6 Å². The number of ether oxygens (including phenoxy) is 2. The van der Waals surface area contributed by atoms with Crippen LogP contribution >= 0.6 is 11.3 Å². The summed E-state index contributed by atoms with van der Waals surface area (Å²) in [5.41, 5.74) is 7.50. The maximum absolute atomic E-state index is 16.5. The SMILES string of the molecule is CCN1CCN(CC2(COc3ncc4c5c(c(-c6ncc(F)c7sc(N)c(C#N)c67)c(F)c4n3)COC5)CC2)CC1=O. The van der Waals surface area contributed by atoms with Gasteiger partial charge < -0.3 is 20.1 Å². The van der Waals surface area contributed by atoms with E-state index in [0.29, 0.717) is 29.7 Å². The van der Waals surface area contributed by atoms with Crippen LogP contribution in [0.4, 0.5) is 13.8 Å². The molecule has 2 fully saturated rings. The first-order valence-corrected chi connectivity index (χ1v) is 14.6. The summed E-state index contributed by atoms with van der Waals surface area (Å²) in [5, 5.41) is 10.6. The number of piperazine rings is 1. The van der Waals surface area contributed by atoms with Crippen molar-refractivity contribution in [2.45, 2.75) is 33.0 Å². The minimum Gasteiger partial charge on any atom is -0.463 e. The Kier molecular flexibility index (Phi) is 6.45. The average Bonchev–Trinajstić information content (AvgIpc) is 3.40. The molecule has 0 spiro atoms. The van der Waals surface area contributed by atoms with Gasteiger partial charge in [0.25, 0.3) is 0 Å². The van der Waals surface area contributed by atoms with Gasteiger partial charge in [-0.05, 0) is 30.9 Å². The minimum atomic E-state index is -0.677. The fourth-order valence-electron chi connectivity index (χ4n) is 6.05. The van der Waals surface area contributed by atoms with Crippen molar-refractivity contribution in [3.63, 3.8) is 0 Å². The van der Waals surface area contributed by atoms with E-state index in [1.807, 2.05) is 17.9 Å². The van der Waals surface area contributed by atoms with Gasteiger partial charge in [0.05, 0.1) is 48.5 Å². The minimum absolute atomic E-state index is 0.0337. The Labute approximate surface area is 243 Å². The maximum atomic E-state index is 16.5. The zero-order chi connectivity index (χ0) is 29.2. The summed E-state index contributed by atoms with van der Waals surface area (Å²) in [7, 11) is 0. The lowest BCUT2D eigenvalue weighted by molar-refractivity contribution is -0.136. The van der Waals surface area contributed by atoms with Crippen LogP contribution in [-0.2, 0) is 22.7 Å². The Morgan fingerprint density at radius 2 is 2.02 bits per heavy atom. The van der Waals surface area contributed by atoms with Crippen LogP contribution < -0.4 is 10.5 Å². The number of hydrogen-bond donors (Lipinski definition) is 1. The molecule has 0 radical (unpaired) electrons. The Balaban J connectivity index is 1.23. The van der Waals surface area contributed by atoms with Crippen LogP contribution in [0.2, 0.25) is 0 Å². The number of benzene rings is 1. The first-order valence-electron chi connectivity index (χ1n) is 13.8. The summed E-state index contributed by atoms with van der Waals surface area (Å²) in [5.74, 6) is -1.17. The van der Waals surface area contributed by atoms with Gasteiger partial charge in [-0.25, -0.2) is 13.8 Å². The van der Waals surface area contributed by atoms with Crippen molar-refractivity contribution in [3.8, 4) is 23.3 Å². The fraction of sp³-hybridized carbons (Fsp3) is 0.414. The molecule has 2 N–H and O–H groups in total. The molecular weight excluding hydrogens is 564 g/mol. The number of aromatic nitrogens is 3. The standard InChI is InChI=1S/C29H27F2N7O3S/c1-2-38-6-5-37(10-20(38)39)13-29(3-4-29)14-41-28-35-8-16-17-11-40-12-18(17)21(23(31)24(16)36-28)25-22-15(7-32)27(33)42-26(22)19(30)9-34-25/h8-9H,2-6,10-14,33H2,1H3. The molecule has 5 heterocycles. The molecule has 7 rings (SSSR count). The van der Waals surface area contributed by atoms with Gasteiger partial charge in [-0.15, -0.1) is 11.3 Å². The first-order chi connectivity index (χ1) is 20.3. The van der Waals surface area contributed by atoms with Crippen molar-refractivity contribution in [1.29, 1.82) is 5.26 Å². The van der Waals surface area contributed by atoms with Gasteiger partial charge in [0.1, 0.15) is 16.6 Å². The predicted molar refractivity (Wildman–Crippen MR) is 152 cm³/mol. The number of carbonyl (C=O) groups excluding carboxylic acids is 1. The number of carbonyl (C=O) groups is 1. The zero-order valence-corrected chi connectivity index (χ0v) is 23.7. The zero-order valence-electron chi connectivity index (χ0n) is 22.9. The second-order valence-corrected chi connectivity index (χ2v) is 12.2. The summed E-state index contributed by atoms with van der Waals surface area (Å²) in [6.07, 6.45) is 4.48. The summed E-state index contributed by atoms with van der Waals surface area (Å²) in [6, 6.07) is 2.06. The Morgan fingerprint density at radius 1 is 1.21 bits per heavy atom. The highest BCUT2D eigenvalue weighted by atomic mass is 32.1. The first kappa shape index (κ1) is 26.9. The van der Waals surface area contributed by atoms with E-state index >= 15 is 4.39 Å². The van der Waals surface area contributed by atoms with Crippen molar-refractivity contribution in [2.75, 3.05) is 45.1 Å². The fourth-order valence-corrected chi connectivity index (χ4v) is 6.97. The quantitative estimate of drug-likeness (QED) is 0.339. The third-order valence-electron chi connectivity index (χ3n) is 8.53. The van der Waals surface area contributed by atoms with Crippen molar-refractivity contribution in [2.24, 2.45) is 5.41 Å². The molecule has 0 atom stereocenters. The smallest absolute Gasteiger partial charge is 0.317 e. The molecule has 42 heavy (non-hydrogen) atoms. The largest absolute Gasteiger partial charge is 0.463 e. The molecule has 4 aromatic rings. The molecular formula is C29H27F2N7O3S. The topological polar surface area (TPSA) is 130 Å². The van der Waals surface area contributed by atoms with Crippen molar-refractivity contribution in [1.82, 2.24) is 24.8 Å². The van der Waals surface area contributed by atoms with Crippen LogP contribution in [0.25, 0.3) is 32.2 Å². The van der Waals surface area contributed by atoms with Crippen LogP contribution in [-0.4, -0.2) is 70.0 Å². The van der Waals surface area contributed by atoms with Gasteiger partial charge in [0.15, 0.2) is 11.6 Å². The van der Waals surface area contributed by atoms with Crippen LogP contribution in [0.15, 0.2) is 12.4 Å². The predicted octanol–water partition coefficient (Wildman–Crippen LogP) is 3.99. The molecule has 0 bridgehead atoms. The number of rotatable bonds is 7. The van der Waals surface area contributed by atoms with Crippen LogP contribution in [0, 0.1) is 28.4 Å². The molecule has 1 saturated heterocycles. The van der Waals surface area contributed by atoms with E-state index in [9.17, 15) is 14.4 Å². The second-order valence-electron chi connectivity index (χ2n) is 11.1. The number of anilines is 1. The van der Waals surface area contributed by atoms with Gasteiger partial charge in [-0.2, -0.15) is 10.2 Å². The molecule has 13 heteroatoms. The second kappa shape index (κ2) is 10.1. The highest BCUT2D eigenvalue weighted by molar-refractivity contribution is 7.23. The monoisotopic (exact) mass is 591 g/mol. The Morgan fingerprint density at radius 3 is 2.76 bits per heavy atom. The number of pyridine rings is 1. The Hall–Kier alpha value is -3.99. The van der Waals surface area contributed by atoms with E-state index in [0.717, 1.165) is 56.6 Å². The molecule has 1 amide bonds. The lowest BCUT2D eigenvalue weighted by Gasteiger charge is -2.35. The molecule has 1 aromatic carbocycles. The van der Waals surface area contributed by atoms with Gasteiger partial charge >= 0.3 is 6.01 Å². The molecule has 3 aromatic heterocycles. The van der Waals surface area contributed by atoms with Crippen molar-refractivity contribution < 1.29 is 23.0 Å². The summed E-state index contributed by atoms with van der Waals surface area (Å²) in [4.78, 5) is 29.5. The summed E-state index contributed by atoms with van der Waals surface area (Å²) in [6.45, 7) is 6.08. The number of nitrogens with zero attached hydrogens (tertiary/aromatic N) is 6. The molecule has 3 aliphatic rings. The van der Waals surface area contributed by atoms with Gasteiger partial charge in [0, 0.05) is 54.1 Å². The van der Waals surface area contributed by atoms with Crippen LogP contribution in [0.3, 0.4) is 0 Å². The van der Waals surface area contributed by atoms with E-state index in [2.05, 4.69) is 19.9 Å². The average molecular weight is 592 g/mol. The van der Waals surface area contributed by atoms with Crippen LogP contribution in [0.1, 0.15) is 36.5 Å². The summed E-state index contributed by atoms with van der Waals surface area (Å²) < 4.78 is 43.0. The van der Waals surface area contributed by atoms with E-state index in [1.165, 1.54) is 6.20 Å². The lowest BCUT2D eigenvalue weighted by atomic mass is 9.94. The highest BCUT2D eigenvalue weighted by Crippen LogP contribution is 2.47. The summed E-state index contributed by atoms with van der Waals surface area (Å²) >= 11 is 0.929. The normalized spacial score (nSPS) is 18.0. The van der Waals surface area contributed by atoms with Gasteiger partial charge in [-0.3, -0.25) is 14.7 Å². The number of likely N-dealkylation sites (N-methyl/N-ethyl adjacent to an activating group) is 1. The molecule has 1 saturated carbocycles. The maximum Gasteiger partial charge on any atom is 0.317 e. The number of nitrogen functional groups attached to an aromatic ring is 1. The third kappa shape index (κ3) is 4.33. The van der Waals surface area contributed by atoms with Crippen LogP contribution in [0.5, 0.6) is 6.01 Å².